The van der Waals surface area contributed by atoms with Crippen LogP contribution in [0, 0.1) is 0 Å². The van der Waals surface area contributed by atoms with Crippen molar-refractivity contribution in [3.8, 4) is 17.2 Å². The third-order valence-corrected chi connectivity index (χ3v) is 3.79. The molecule has 1 unspecified atom stereocenters. The molecule has 1 aromatic carbocycles. The van der Waals surface area contributed by atoms with Crippen molar-refractivity contribution in [3.05, 3.63) is 16.7 Å². The normalized spacial score (nSPS) is 19.1. The van der Waals surface area contributed by atoms with Gasteiger partial charge in [-0.3, -0.25) is 0 Å². The van der Waals surface area contributed by atoms with E-state index in [4.69, 9.17) is 25.8 Å². The Labute approximate surface area is 119 Å². The van der Waals surface area contributed by atoms with Crippen LogP contribution in [0.25, 0.3) is 0 Å². The number of hydrogen-bond donors (Lipinski definition) is 1. The van der Waals surface area contributed by atoms with E-state index in [-0.39, 0.29) is 6.04 Å². The molecule has 0 saturated carbocycles. The van der Waals surface area contributed by atoms with Crippen LogP contribution < -0.4 is 19.5 Å². The van der Waals surface area contributed by atoms with Crippen LogP contribution in [-0.2, 0) is 0 Å². The van der Waals surface area contributed by atoms with Crippen LogP contribution in [0.15, 0.2) is 6.07 Å². The third kappa shape index (κ3) is 2.74. The molecule has 0 amide bonds. The van der Waals surface area contributed by atoms with Crippen LogP contribution in [0.3, 0.4) is 0 Å². The lowest BCUT2D eigenvalue weighted by molar-refractivity contribution is 0.315. The quantitative estimate of drug-likeness (QED) is 0.922. The summed E-state index contributed by atoms with van der Waals surface area (Å²) in [7, 11) is 4.82. The SMILES string of the molecule is COc1cc(Cl)c(C2CCCCN2)c(OC)c1OC. The van der Waals surface area contributed by atoms with Crippen LogP contribution in [0.2, 0.25) is 5.02 Å². The number of rotatable bonds is 4. The van der Waals surface area contributed by atoms with Crippen LogP contribution in [-0.4, -0.2) is 27.9 Å². The lowest BCUT2D eigenvalue weighted by Gasteiger charge is -2.27. The van der Waals surface area contributed by atoms with Gasteiger partial charge in [0.1, 0.15) is 0 Å². The van der Waals surface area contributed by atoms with Crippen molar-refractivity contribution in [1.82, 2.24) is 5.32 Å². The smallest absolute Gasteiger partial charge is 0.203 e. The van der Waals surface area contributed by atoms with E-state index >= 15 is 0 Å². The molecule has 4 nitrogen and oxygen atoms in total. The summed E-state index contributed by atoms with van der Waals surface area (Å²) in [6.07, 6.45) is 3.43. The van der Waals surface area contributed by atoms with Crippen LogP contribution >= 0.6 is 11.6 Å². The Balaban J connectivity index is 2.51. The van der Waals surface area contributed by atoms with Gasteiger partial charge in [0.05, 0.1) is 26.4 Å². The first-order valence-electron chi connectivity index (χ1n) is 6.44. The number of nitrogens with one attached hydrogen (secondary N) is 1. The minimum absolute atomic E-state index is 0.205. The molecule has 2 rings (SSSR count). The van der Waals surface area contributed by atoms with E-state index in [1.165, 1.54) is 12.8 Å². The predicted molar refractivity (Wildman–Crippen MR) is 75.7 cm³/mol. The summed E-state index contributed by atoms with van der Waals surface area (Å²) in [6, 6.07) is 1.99. The van der Waals surface area contributed by atoms with Crippen LogP contribution in [0.4, 0.5) is 0 Å². The molecule has 0 spiro atoms. The van der Waals surface area contributed by atoms with Gasteiger partial charge in [-0.25, -0.2) is 0 Å². The van der Waals surface area contributed by atoms with Gasteiger partial charge in [0.25, 0.3) is 0 Å². The lowest BCUT2D eigenvalue weighted by Crippen LogP contribution is -2.27. The summed E-state index contributed by atoms with van der Waals surface area (Å²) in [5.74, 6) is 1.84. The number of benzene rings is 1. The first-order valence-corrected chi connectivity index (χ1v) is 6.82. The Kier molecular flexibility index (Phi) is 4.77. The lowest BCUT2D eigenvalue weighted by atomic mass is 9.96. The van der Waals surface area contributed by atoms with Gasteiger partial charge in [0.15, 0.2) is 11.5 Å². The summed E-state index contributed by atoms with van der Waals surface area (Å²) in [6.45, 7) is 0.999. The minimum atomic E-state index is 0.205. The molecule has 1 atom stereocenters. The second kappa shape index (κ2) is 6.35. The van der Waals surface area contributed by atoms with E-state index in [1.807, 2.05) is 0 Å². The number of ether oxygens (including phenoxy) is 3. The number of halogens is 1. The highest BCUT2D eigenvalue weighted by atomic mass is 35.5. The Bertz CT molecular complexity index is 445. The monoisotopic (exact) mass is 285 g/mol. The molecular formula is C14H20ClNO3. The topological polar surface area (TPSA) is 39.7 Å². The van der Waals surface area contributed by atoms with Crippen molar-refractivity contribution < 1.29 is 14.2 Å². The summed E-state index contributed by atoms with van der Waals surface area (Å²) >= 11 is 6.40. The van der Waals surface area contributed by atoms with Crippen LogP contribution in [0.1, 0.15) is 30.9 Å². The van der Waals surface area contributed by atoms with Gasteiger partial charge >= 0.3 is 0 Å². The van der Waals surface area contributed by atoms with E-state index in [0.29, 0.717) is 22.3 Å². The molecule has 0 aromatic heterocycles. The molecule has 1 aromatic rings. The molecule has 5 heteroatoms. The van der Waals surface area contributed by atoms with Crippen molar-refractivity contribution in [2.24, 2.45) is 0 Å². The van der Waals surface area contributed by atoms with Gasteiger partial charge < -0.3 is 19.5 Å². The number of hydrogen-bond acceptors (Lipinski definition) is 4. The van der Waals surface area contributed by atoms with Gasteiger partial charge in [0, 0.05) is 17.7 Å². The average molecular weight is 286 g/mol. The molecule has 1 aliphatic heterocycles. The van der Waals surface area contributed by atoms with Crippen molar-refractivity contribution in [2.75, 3.05) is 27.9 Å². The molecule has 1 fully saturated rings. The van der Waals surface area contributed by atoms with Crippen molar-refractivity contribution in [1.29, 1.82) is 0 Å². The maximum Gasteiger partial charge on any atom is 0.203 e. The van der Waals surface area contributed by atoms with Crippen molar-refractivity contribution in [2.45, 2.75) is 25.3 Å². The molecule has 1 aliphatic rings. The Hall–Kier alpha value is -1.13. The van der Waals surface area contributed by atoms with E-state index in [2.05, 4.69) is 5.32 Å². The first-order chi connectivity index (χ1) is 9.22. The number of piperidine rings is 1. The zero-order valence-corrected chi connectivity index (χ0v) is 12.3. The fourth-order valence-corrected chi connectivity index (χ4v) is 2.89. The molecule has 1 N–H and O–H groups in total. The highest BCUT2D eigenvalue weighted by Crippen LogP contribution is 2.47. The predicted octanol–water partition coefficient (Wildman–Crippen LogP) is 3.18. The van der Waals surface area contributed by atoms with Crippen molar-refractivity contribution >= 4 is 11.6 Å². The Morgan fingerprint density at radius 3 is 2.37 bits per heavy atom. The highest BCUT2D eigenvalue weighted by molar-refractivity contribution is 6.32. The molecule has 0 aliphatic carbocycles. The van der Waals surface area contributed by atoms with Gasteiger partial charge in [0.2, 0.25) is 5.75 Å². The largest absolute Gasteiger partial charge is 0.493 e. The maximum atomic E-state index is 6.40. The van der Waals surface area contributed by atoms with Crippen molar-refractivity contribution in [3.63, 3.8) is 0 Å². The minimum Gasteiger partial charge on any atom is -0.493 e. The fraction of sp³-hybridized carbons (Fsp3) is 0.571. The van der Waals surface area contributed by atoms with E-state index in [9.17, 15) is 0 Å². The number of methoxy groups -OCH3 is 3. The molecule has 106 valence electrons. The van der Waals surface area contributed by atoms with E-state index < -0.39 is 0 Å². The van der Waals surface area contributed by atoms with Gasteiger partial charge in [-0.2, -0.15) is 0 Å². The first kappa shape index (κ1) is 14.3. The molecule has 0 radical (unpaired) electrons. The molecule has 1 saturated heterocycles. The van der Waals surface area contributed by atoms with Crippen LogP contribution in [0.5, 0.6) is 17.2 Å². The summed E-state index contributed by atoms with van der Waals surface area (Å²) < 4.78 is 16.2. The molecule has 0 bridgehead atoms. The zero-order chi connectivity index (χ0) is 13.8. The average Bonchev–Trinajstić information content (AvgIpc) is 2.46. The van der Waals surface area contributed by atoms with E-state index in [0.717, 1.165) is 18.5 Å². The summed E-state index contributed by atoms with van der Waals surface area (Å²) in [5, 5.41) is 4.13. The van der Waals surface area contributed by atoms with Gasteiger partial charge in [-0.1, -0.05) is 18.0 Å². The molecular weight excluding hydrogens is 266 g/mol. The zero-order valence-electron chi connectivity index (χ0n) is 11.6. The molecule has 19 heavy (non-hydrogen) atoms. The maximum absolute atomic E-state index is 6.40. The Morgan fingerprint density at radius 2 is 1.84 bits per heavy atom. The second-order valence-corrected chi connectivity index (χ2v) is 4.95. The van der Waals surface area contributed by atoms with Gasteiger partial charge in [-0.05, 0) is 19.4 Å². The summed E-state index contributed by atoms with van der Waals surface area (Å²) in [5.41, 5.74) is 0.960. The van der Waals surface area contributed by atoms with E-state index in [1.54, 1.807) is 27.4 Å². The second-order valence-electron chi connectivity index (χ2n) is 4.54. The van der Waals surface area contributed by atoms with Gasteiger partial charge in [-0.15, -0.1) is 0 Å². The summed E-state index contributed by atoms with van der Waals surface area (Å²) in [4.78, 5) is 0. The Morgan fingerprint density at radius 1 is 1.11 bits per heavy atom. The molecule has 1 heterocycles. The third-order valence-electron chi connectivity index (χ3n) is 3.48. The standard InChI is InChI=1S/C14H20ClNO3/c1-17-11-8-9(15)12(10-6-4-5-7-16-10)14(19-3)13(11)18-2/h8,10,16H,4-7H2,1-3H3. The highest BCUT2D eigenvalue weighted by Gasteiger charge is 2.26. The fourth-order valence-electron chi connectivity index (χ4n) is 2.57.